The lowest BCUT2D eigenvalue weighted by Crippen LogP contribution is -2.31. The highest BCUT2D eigenvalue weighted by atomic mass is 16.5. The van der Waals surface area contributed by atoms with E-state index >= 15 is 0 Å². The molecule has 0 radical (unpaired) electrons. The molecule has 0 bridgehead atoms. The monoisotopic (exact) mass is 294 g/mol. The van der Waals surface area contributed by atoms with Crippen LogP contribution in [0.4, 0.5) is 0 Å². The molecular formula is C19H34O2. The number of ether oxygens (including phenoxy) is 1. The molecule has 0 unspecified atom stereocenters. The number of carbonyl (C=O) groups is 1. The molecule has 21 heavy (non-hydrogen) atoms. The van der Waals surface area contributed by atoms with Gasteiger partial charge in [-0.2, -0.15) is 0 Å². The fraction of sp³-hybridized carbons (Fsp3) is 0.947. The summed E-state index contributed by atoms with van der Waals surface area (Å²) in [6.45, 7) is 4.19. The maximum atomic E-state index is 11.5. The number of hydrogen-bond donors (Lipinski definition) is 0. The summed E-state index contributed by atoms with van der Waals surface area (Å²) in [6, 6.07) is 0. The molecule has 0 spiro atoms. The minimum atomic E-state index is -0.0103. The van der Waals surface area contributed by atoms with Gasteiger partial charge in [-0.15, -0.1) is 0 Å². The van der Waals surface area contributed by atoms with Crippen molar-refractivity contribution >= 4 is 5.97 Å². The van der Waals surface area contributed by atoms with E-state index in [1.54, 1.807) is 0 Å². The summed E-state index contributed by atoms with van der Waals surface area (Å²) in [6.07, 6.45) is 15.5. The lowest BCUT2D eigenvalue weighted by Gasteiger charge is -2.38. The molecule has 2 aliphatic rings. The molecule has 122 valence electrons. The number of esters is 1. The molecule has 0 N–H and O–H groups in total. The van der Waals surface area contributed by atoms with Gasteiger partial charge in [0, 0.05) is 6.42 Å². The first kappa shape index (κ1) is 16.8. The topological polar surface area (TPSA) is 26.3 Å². The Kier molecular flexibility index (Phi) is 7.06. The molecule has 2 saturated carbocycles. The van der Waals surface area contributed by atoms with Gasteiger partial charge in [0.05, 0.1) is 0 Å². The molecule has 2 nitrogen and oxygen atoms in total. The van der Waals surface area contributed by atoms with Crippen molar-refractivity contribution in [1.82, 2.24) is 0 Å². The van der Waals surface area contributed by atoms with Crippen molar-refractivity contribution in [2.45, 2.75) is 97.0 Å². The van der Waals surface area contributed by atoms with Crippen molar-refractivity contribution in [2.75, 3.05) is 0 Å². The Bertz CT molecular complexity index is 305. The molecule has 0 aromatic rings. The zero-order valence-corrected chi connectivity index (χ0v) is 14.1. The van der Waals surface area contributed by atoms with Crippen molar-refractivity contribution in [1.29, 1.82) is 0 Å². The van der Waals surface area contributed by atoms with Crippen molar-refractivity contribution in [2.24, 2.45) is 17.8 Å². The second kappa shape index (κ2) is 8.80. The molecule has 0 amide bonds. The summed E-state index contributed by atoms with van der Waals surface area (Å²) in [7, 11) is 0. The third-order valence-corrected chi connectivity index (χ3v) is 5.78. The summed E-state index contributed by atoms with van der Waals surface area (Å²) in [5.41, 5.74) is 0. The average Bonchev–Trinajstić information content (AvgIpc) is 2.53. The molecule has 2 aliphatic carbocycles. The predicted molar refractivity (Wildman–Crippen MR) is 87.1 cm³/mol. The highest BCUT2D eigenvalue weighted by Crippen LogP contribution is 2.41. The zero-order chi connectivity index (χ0) is 15.1. The van der Waals surface area contributed by atoms with Crippen LogP contribution in [0.25, 0.3) is 0 Å². The highest BCUT2D eigenvalue weighted by Gasteiger charge is 2.32. The zero-order valence-electron chi connectivity index (χ0n) is 14.1. The van der Waals surface area contributed by atoms with Crippen LogP contribution in [0.1, 0.15) is 90.9 Å². The van der Waals surface area contributed by atoms with E-state index in [9.17, 15) is 4.79 Å². The van der Waals surface area contributed by atoms with Gasteiger partial charge in [-0.1, -0.05) is 46.0 Å². The van der Waals surface area contributed by atoms with Crippen LogP contribution in [-0.2, 0) is 9.53 Å². The van der Waals surface area contributed by atoms with E-state index in [1.165, 1.54) is 57.8 Å². The van der Waals surface area contributed by atoms with Crippen LogP contribution in [-0.4, -0.2) is 12.1 Å². The number of carbonyl (C=O) groups excluding carboxylic acids is 1. The van der Waals surface area contributed by atoms with Crippen LogP contribution >= 0.6 is 0 Å². The first-order valence-corrected chi connectivity index (χ1v) is 9.42. The number of hydrogen-bond acceptors (Lipinski definition) is 2. The lowest BCUT2D eigenvalue weighted by molar-refractivity contribution is -0.151. The summed E-state index contributed by atoms with van der Waals surface area (Å²) >= 11 is 0. The maximum absolute atomic E-state index is 11.5. The van der Waals surface area contributed by atoms with Gasteiger partial charge < -0.3 is 4.74 Å². The Labute approximate surface area is 131 Å². The predicted octanol–water partition coefficient (Wildman–Crippen LogP) is 5.50. The minimum absolute atomic E-state index is 0.0103. The van der Waals surface area contributed by atoms with Gasteiger partial charge >= 0.3 is 5.97 Å². The van der Waals surface area contributed by atoms with E-state index in [-0.39, 0.29) is 12.1 Å². The Morgan fingerprint density at radius 3 is 2.43 bits per heavy atom. The standard InChI is InChI=1S/C19H34O2/c1-3-5-7-15-10-12-16(13-11-15)17-8-6-9-18(14-17)21-19(20)4-2/h15-18H,3-14H2,1-2H3/t15-,16+,17-,18-/m1/s1. The maximum Gasteiger partial charge on any atom is 0.305 e. The largest absolute Gasteiger partial charge is 0.462 e. The van der Waals surface area contributed by atoms with Crippen molar-refractivity contribution in [3.8, 4) is 0 Å². The first-order valence-electron chi connectivity index (χ1n) is 9.42. The van der Waals surface area contributed by atoms with E-state index in [0.29, 0.717) is 6.42 Å². The Morgan fingerprint density at radius 2 is 1.76 bits per heavy atom. The van der Waals surface area contributed by atoms with Crippen molar-refractivity contribution in [3.63, 3.8) is 0 Å². The van der Waals surface area contributed by atoms with Crippen molar-refractivity contribution < 1.29 is 9.53 Å². The van der Waals surface area contributed by atoms with Gasteiger partial charge in [0.2, 0.25) is 0 Å². The van der Waals surface area contributed by atoms with Crippen LogP contribution in [0.2, 0.25) is 0 Å². The molecule has 0 aliphatic heterocycles. The second-order valence-electron chi connectivity index (χ2n) is 7.32. The Morgan fingerprint density at radius 1 is 1.00 bits per heavy atom. The smallest absolute Gasteiger partial charge is 0.305 e. The molecule has 0 heterocycles. The third-order valence-electron chi connectivity index (χ3n) is 5.78. The molecule has 0 aromatic carbocycles. The third kappa shape index (κ3) is 5.30. The minimum Gasteiger partial charge on any atom is -0.462 e. The normalized spacial score (nSPS) is 33.6. The first-order chi connectivity index (χ1) is 10.2. The lowest BCUT2D eigenvalue weighted by atomic mass is 9.70. The molecule has 0 saturated heterocycles. The van der Waals surface area contributed by atoms with Gasteiger partial charge in [-0.05, 0) is 56.3 Å². The van der Waals surface area contributed by atoms with Gasteiger partial charge in [-0.3, -0.25) is 4.79 Å². The van der Waals surface area contributed by atoms with Gasteiger partial charge in [-0.25, -0.2) is 0 Å². The summed E-state index contributed by atoms with van der Waals surface area (Å²) in [5.74, 6) is 2.72. The van der Waals surface area contributed by atoms with Crippen LogP contribution in [0.3, 0.4) is 0 Å². The van der Waals surface area contributed by atoms with Crippen LogP contribution in [0.15, 0.2) is 0 Å². The quantitative estimate of drug-likeness (QED) is 0.605. The summed E-state index contributed by atoms with van der Waals surface area (Å²) in [4.78, 5) is 11.5. The number of rotatable bonds is 6. The molecule has 2 rings (SSSR count). The fourth-order valence-electron chi connectivity index (χ4n) is 4.43. The summed E-state index contributed by atoms with van der Waals surface area (Å²) in [5, 5.41) is 0. The van der Waals surface area contributed by atoms with E-state index < -0.39 is 0 Å². The fourth-order valence-corrected chi connectivity index (χ4v) is 4.43. The summed E-state index contributed by atoms with van der Waals surface area (Å²) < 4.78 is 5.60. The van der Waals surface area contributed by atoms with Gasteiger partial charge in [0.15, 0.2) is 0 Å². The van der Waals surface area contributed by atoms with Crippen LogP contribution < -0.4 is 0 Å². The SMILES string of the molecule is CCCC[C@H]1CC[C@@H]([C@@H]2CCC[C@@H](OC(=O)CC)C2)CC1. The molecular weight excluding hydrogens is 260 g/mol. The molecule has 2 fully saturated rings. The van der Waals surface area contributed by atoms with E-state index in [0.717, 1.165) is 30.6 Å². The van der Waals surface area contributed by atoms with Gasteiger partial charge in [0.25, 0.3) is 0 Å². The van der Waals surface area contributed by atoms with Gasteiger partial charge in [0.1, 0.15) is 6.10 Å². The van der Waals surface area contributed by atoms with E-state index in [2.05, 4.69) is 6.92 Å². The molecule has 2 atom stereocenters. The second-order valence-corrected chi connectivity index (χ2v) is 7.32. The number of unbranched alkanes of at least 4 members (excludes halogenated alkanes) is 1. The van der Waals surface area contributed by atoms with Crippen molar-refractivity contribution in [3.05, 3.63) is 0 Å². The van der Waals surface area contributed by atoms with Crippen LogP contribution in [0.5, 0.6) is 0 Å². The molecule has 0 aromatic heterocycles. The highest BCUT2D eigenvalue weighted by molar-refractivity contribution is 5.69. The van der Waals surface area contributed by atoms with E-state index in [4.69, 9.17) is 4.74 Å². The van der Waals surface area contributed by atoms with Crippen LogP contribution in [0, 0.1) is 17.8 Å². The Hall–Kier alpha value is -0.530. The van der Waals surface area contributed by atoms with E-state index in [1.807, 2.05) is 6.92 Å². The molecule has 2 heteroatoms. The average molecular weight is 294 g/mol. The Balaban J connectivity index is 1.73.